The molecule has 5 nitrogen and oxygen atoms in total. The molecule has 2 amide bonds. The maximum atomic E-state index is 12.8. The molecule has 1 heterocycles. The highest BCUT2D eigenvalue weighted by Gasteiger charge is 2.24. The van der Waals surface area contributed by atoms with E-state index in [2.05, 4.69) is 11.0 Å². The van der Waals surface area contributed by atoms with E-state index in [0.717, 1.165) is 35.6 Å². The van der Waals surface area contributed by atoms with Crippen molar-refractivity contribution < 1.29 is 9.59 Å². The average molecular weight is 400 g/mol. The summed E-state index contributed by atoms with van der Waals surface area (Å²) >= 11 is 6.08. The standard InChI is InChI=1S/C22H26ClN3O2/c1-16-11-17(2)13-21(12-16)26(18(3)27)15-22(28)25-9-7-24(8-10-25)20-6-4-5-19(23)14-20/h4-6,11-14H,7-10,15H2,1-3H3. The molecule has 1 aliphatic rings. The normalized spacial score (nSPS) is 14.1. The van der Waals surface area contributed by atoms with Crippen LogP contribution in [0.1, 0.15) is 18.1 Å². The maximum absolute atomic E-state index is 12.8. The van der Waals surface area contributed by atoms with Crippen molar-refractivity contribution in [1.82, 2.24) is 4.90 Å². The van der Waals surface area contributed by atoms with Crippen molar-refractivity contribution in [2.75, 3.05) is 42.5 Å². The Morgan fingerprint density at radius 3 is 2.21 bits per heavy atom. The number of aryl methyl sites for hydroxylation is 2. The minimum atomic E-state index is -0.129. The molecule has 2 aromatic carbocycles. The van der Waals surface area contributed by atoms with Crippen LogP contribution in [0.5, 0.6) is 0 Å². The molecule has 0 radical (unpaired) electrons. The number of carbonyl (C=O) groups excluding carboxylic acids is 2. The van der Waals surface area contributed by atoms with E-state index in [0.29, 0.717) is 18.1 Å². The van der Waals surface area contributed by atoms with E-state index in [1.807, 2.05) is 55.1 Å². The molecule has 0 N–H and O–H groups in total. The number of piperazine rings is 1. The summed E-state index contributed by atoms with van der Waals surface area (Å²) in [5.74, 6) is -0.156. The Balaban J connectivity index is 1.64. The van der Waals surface area contributed by atoms with E-state index in [9.17, 15) is 9.59 Å². The summed E-state index contributed by atoms with van der Waals surface area (Å²) < 4.78 is 0. The topological polar surface area (TPSA) is 43.9 Å². The molecule has 1 saturated heterocycles. The van der Waals surface area contributed by atoms with Crippen molar-refractivity contribution >= 4 is 34.8 Å². The molecular formula is C22H26ClN3O2. The van der Waals surface area contributed by atoms with Gasteiger partial charge in [0.1, 0.15) is 6.54 Å². The second-order valence-corrected chi connectivity index (χ2v) is 7.74. The summed E-state index contributed by atoms with van der Waals surface area (Å²) in [7, 11) is 0. The van der Waals surface area contributed by atoms with Gasteiger partial charge < -0.3 is 14.7 Å². The van der Waals surface area contributed by atoms with Gasteiger partial charge in [-0.3, -0.25) is 9.59 Å². The van der Waals surface area contributed by atoms with E-state index in [-0.39, 0.29) is 18.4 Å². The molecule has 0 saturated carbocycles. The van der Waals surface area contributed by atoms with Gasteiger partial charge >= 0.3 is 0 Å². The first-order chi connectivity index (χ1) is 13.3. The lowest BCUT2D eigenvalue weighted by atomic mass is 10.1. The van der Waals surface area contributed by atoms with Gasteiger partial charge in [-0.25, -0.2) is 0 Å². The maximum Gasteiger partial charge on any atom is 0.242 e. The number of hydrogen-bond acceptors (Lipinski definition) is 3. The first kappa shape index (κ1) is 20.2. The van der Waals surface area contributed by atoms with Crippen LogP contribution in [0.4, 0.5) is 11.4 Å². The monoisotopic (exact) mass is 399 g/mol. The van der Waals surface area contributed by atoms with Crippen molar-refractivity contribution in [3.05, 3.63) is 58.6 Å². The zero-order valence-corrected chi connectivity index (χ0v) is 17.4. The van der Waals surface area contributed by atoms with E-state index < -0.39 is 0 Å². The summed E-state index contributed by atoms with van der Waals surface area (Å²) in [5, 5.41) is 0.710. The van der Waals surface area contributed by atoms with E-state index in [1.165, 1.54) is 6.92 Å². The zero-order valence-electron chi connectivity index (χ0n) is 16.6. The number of benzene rings is 2. The zero-order chi connectivity index (χ0) is 20.3. The van der Waals surface area contributed by atoms with Crippen LogP contribution in [0.15, 0.2) is 42.5 Å². The Kier molecular flexibility index (Phi) is 6.25. The van der Waals surface area contributed by atoms with Crippen LogP contribution in [-0.2, 0) is 9.59 Å². The van der Waals surface area contributed by atoms with Gasteiger partial charge in [0.2, 0.25) is 11.8 Å². The average Bonchev–Trinajstić information content (AvgIpc) is 2.65. The molecule has 0 atom stereocenters. The van der Waals surface area contributed by atoms with Crippen LogP contribution in [0.2, 0.25) is 5.02 Å². The van der Waals surface area contributed by atoms with Gasteiger partial charge in [0, 0.05) is 49.5 Å². The fourth-order valence-corrected chi connectivity index (χ4v) is 3.80. The van der Waals surface area contributed by atoms with Crippen LogP contribution < -0.4 is 9.80 Å². The predicted molar refractivity (Wildman–Crippen MR) is 114 cm³/mol. The number of halogens is 1. The van der Waals surface area contributed by atoms with Crippen molar-refractivity contribution in [3.8, 4) is 0 Å². The van der Waals surface area contributed by atoms with Gasteiger partial charge in [-0.15, -0.1) is 0 Å². The van der Waals surface area contributed by atoms with Gasteiger partial charge in [0.15, 0.2) is 0 Å². The largest absolute Gasteiger partial charge is 0.368 e. The minimum Gasteiger partial charge on any atom is -0.368 e. The summed E-state index contributed by atoms with van der Waals surface area (Å²) in [6, 6.07) is 13.7. The Morgan fingerprint density at radius 1 is 1.00 bits per heavy atom. The number of nitrogens with zero attached hydrogens (tertiary/aromatic N) is 3. The molecule has 1 fully saturated rings. The fraction of sp³-hybridized carbons (Fsp3) is 0.364. The number of rotatable bonds is 4. The molecular weight excluding hydrogens is 374 g/mol. The molecule has 2 aromatic rings. The lowest BCUT2D eigenvalue weighted by Gasteiger charge is -2.37. The Bertz CT molecular complexity index is 856. The number of carbonyl (C=O) groups is 2. The van der Waals surface area contributed by atoms with Crippen LogP contribution >= 0.6 is 11.6 Å². The third-order valence-electron chi connectivity index (χ3n) is 5.00. The third-order valence-corrected chi connectivity index (χ3v) is 5.23. The first-order valence-electron chi connectivity index (χ1n) is 9.48. The van der Waals surface area contributed by atoms with Crippen molar-refractivity contribution in [2.24, 2.45) is 0 Å². The second kappa shape index (κ2) is 8.65. The van der Waals surface area contributed by atoms with Crippen molar-refractivity contribution in [2.45, 2.75) is 20.8 Å². The SMILES string of the molecule is CC(=O)N(CC(=O)N1CCN(c2cccc(Cl)c2)CC1)c1cc(C)cc(C)c1. The molecule has 0 spiro atoms. The highest BCUT2D eigenvalue weighted by atomic mass is 35.5. The lowest BCUT2D eigenvalue weighted by molar-refractivity contribution is -0.131. The number of hydrogen-bond donors (Lipinski definition) is 0. The minimum absolute atomic E-state index is 0.0277. The van der Waals surface area contributed by atoms with Gasteiger partial charge in [-0.1, -0.05) is 23.7 Å². The first-order valence-corrected chi connectivity index (χ1v) is 9.86. The molecule has 0 aromatic heterocycles. The van der Waals surface area contributed by atoms with E-state index in [4.69, 9.17) is 11.6 Å². The van der Waals surface area contributed by atoms with Gasteiger partial charge in [-0.05, 0) is 55.3 Å². The molecule has 6 heteroatoms. The van der Waals surface area contributed by atoms with Crippen molar-refractivity contribution in [3.63, 3.8) is 0 Å². The molecule has 3 rings (SSSR count). The molecule has 0 unspecified atom stereocenters. The molecule has 1 aliphatic heterocycles. The Hall–Kier alpha value is -2.53. The van der Waals surface area contributed by atoms with Crippen molar-refractivity contribution in [1.29, 1.82) is 0 Å². The van der Waals surface area contributed by atoms with Crippen LogP contribution in [0.3, 0.4) is 0 Å². The van der Waals surface area contributed by atoms with Crippen LogP contribution in [0.25, 0.3) is 0 Å². The summed E-state index contributed by atoms with van der Waals surface area (Å²) in [4.78, 5) is 30.7. The van der Waals surface area contributed by atoms with Crippen LogP contribution in [-0.4, -0.2) is 49.4 Å². The van der Waals surface area contributed by atoms with Crippen LogP contribution in [0, 0.1) is 13.8 Å². The summed E-state index contributed by atoms with van der Waals surface area (Å²) in [6.45, 7) is 8.30. The smallest absolute Gasteiger partial charge is 0.242 e. The molecule has 148 valence electrons. The predicted octanol–water partition coefficient (Wildman–Crippen LogP) is 3.66. The molecule has 0 bridgehead atoms. The molecule has 0 aliphatic carbocycles. The molecule has 28 heavy (non-hydrogen) atoms. The van der Waals surface area contributed by atoms with Gasteiger partial charge in [0.25, 0.3) is 0 Å². The highest BCUT2D eigenvalue weighted by molar-refractivity contribution is 6.30. The quantitative estimate of drug-likeness (QED) is 0.788. The lowest BCUT2D eigenvalue weighted by Crippen LogP contribution is -2.51. The number of anilines is 2. The highest BCUT2D eigenvalue weighted by Crippen LogP contribution is 2.22. The summed E-state index contributed by atoms with van der Waals surface area (Å²) in [5.41, 5.74) is 3.99. The Labute approximate surface area is 171 Å². The second-order valence-electron chi connectivity index (χ2n) is 7.30. The van der Waals surface area contributed by atoms with Gasteiger partial charge in [0.05, 0.1) is 0 Å². The van der Waals surface area contributed by atoms with E-state index >= 15 is 0 Å². The third kappa shape index (κ3) is 4.84. The number of amides is 2. The Morgan fingerprint density at radius 2 is 1.64 bits per heavy atom. The van der Waals surface area contributed by atoms with Gasteiger partial charge in [-0.2, -0.15) is 0 Å². The summed E-state index contributed by atoms with van der Waals surface area (Å²) in [6.07, 6.45) is 0. The van der Waals surface area contributed by atoms with E-state index in [1.54, 1.807) is 4.90 Å². The fourth-order valence-electron chi connectivity index (χ4n) is 3.61.